The van der Waals surface area contributed by atoms with Crippen molar-refractivity contribution in [1.29, 1.82) is 0 Å². The van der Waals surface area contributed by atoms with E-state index in [1.807, 2.05) is 12.1 Å². The van der Waals surface area contributed by atoms with Gasteiger partial charge in [0.15, 0.2) is 0 Å². The summed E-state index contributed by atoms with van der Waals surface area (Å²) in [6.45, 7) is 6.89. The van der Waals surface area contributed by atoms with Crippen molar-refractivity contribution in [2.45, 2.75) is 38.8 Å². The monoisotopic (exact) mass is 295 g/mol. The van der Waals surface area contributed by atoms with Crippen LogP contribution in [0.5, 0.6) is 0 Å². The summed E-state index contributed by atoms with van der Waals surface area (Å²) < 4.78 is 0. The van der Waals surface area contributed by atoms with Crippen molar-refractivity contribution in [3.63, 3.8) is 0 Å². The SMILES string of the molecule is CC(C)N1CCC(Nc2cc(Cl)ccc2N(C)C)CC1. The Morgan fingerprint density at radius 1 is 1.25 bits per heavy atom. The van der Waals surface area contributed by atoms with Crippen LogP contribution in [0.15, 0.2) is 18.2 Å². The Balaban J connectivity index is 2.02. The second-order valence-electron chi connectivity index (χ2n) is 6.10. The van der Waals surface area contributed by atoms with E-state index in [-0.39, 0.29) is 0 Å². The van der Waals surface area contributed by atoms with Crippen LogP contribution in [-0.4, -0.2) is 44.2 Å². The zero-order valence-corrected chi connectivity index (χ0v) is 13.7. The molecule has 0 saturated carbocycles. The van der Waals surface area contributed by atoms with Gasteiger partial charge in [0.05, 0.1) is 11.4 Å². The van der Waals surface area contributed by atoms with Gasteiger partial charge in [0.1, 0.15) is 0 Å². The number of benzene rings is 1. The lowest BCUT2D eigenvalue weighted by Gasteiger charge is -2.35. The Bertz CT molecular complexity index is 437. The molecule has 1 heterocycles. The van der Waals surface area contributed by atoms with E-state index < -0.39 is 0 Å². The number of likely N-dealkylation sites (tertiary alicyclic amines) is 1. The van der Waals surface area contributed by atoms with Gasteiger partial charge in [0, 0.05) is 44.3 Å². The average molecular weight is 296 g/mol. The molecule has 0 amide bonds. The van der Waals surface area contributed by atoms with E-state index >= 15 is 0 Å². The maximum Gasteiger partial charge on any atom is 0.0597 e. The molecule has 0 unspecified atom stereocenters. The molecule has 1 aliphatic heterocycles. The van der Waals surface area contributed by atoms with Gasteiger partial charge in [-0.2, -0.15) is 0 Å². The van der Waals surface area contributed by atoms with Crippen LogP contribution in [0.3, 0.4) is 0 Å². The second kappa shape index (κ2) is 6.68. The van der Waals surface area contributed by atoms with E-state index in [1.165, 1.54) is 31.6 Å². The van der Waals surface area contributed by atoms with Crippen molar-refractivity contribution in [3.05, 3.63) is 23.2 Å². The third-order valence-corrected chi connectivity index (χ3v) is 4.29. The lowest BCUT2D eigenvalue weighted by molar-refractivity contribution is 0.177. The number of hydrogen-bond acceptors (Lipinski definition) is 3. The summed E-state index contributed by atoms with van der Waals surface area (Å²) in [4.78, 5) is 4.67. The molecule has 2 rings (SSSR count). The van der Waals surface area contributed by atoms with Gasteiger partial charge in [0.25, 0.3) is 0 Å². The molecule has 0 aromatic heterocycles. The first-order valence-electron chi connectivity index (χ1n) is 7.45. The fraction of sp³-hybridized carbons (Fsp3) is 0.625. The minimum Gasteiger partial charge on any atom is -0.380 e. The maximum absolute atomic E-state index is 6.14. The Morgan fingerprint density at radius 3 is 2.45 bits per heavy atom. The minimum absolute atomic E-state index is 0.544. The summed E-state index contributed by atoms with van der Waals surface area (Å²) in [5.74, 6) is 0. The average Bonchev–Trinajstić information content (AvgIpc) is 2.39. The zero-order valence-electron chi connectivity index (χ0n) is 13.0. The molecule has 1 aromatic carbocycles. The Morgan fingerprint density at radius 2 is 1.90 bits per heavy atom. The number of halogens is 1. The molecule has 0 spiro atoms. The van der Waals surface area contributed by atoms with Crippen molar-refractivity contribution in [3.8, 4) is 0 Å². The van der Waals surface area contributed by atoms with Crippen LogP contribution < -0.4 is 10.2 Å². The number of nitrogens with zero attached hydrogens (tertiary/aromatic N) is 2. The third kappa shape index (κ3) is 3.80. The molecule has 1 N–H and O–H groups in total. The van der Waals surface area contributed by atoms with Crippen LogP contribution >= 0.6 is 11.6 Å². The minimum atomic E-state index is 0.544. The number of hydrogen-bond donors (Lipinski definition) is 1. The fourth-order valence-electron chi connectivity index (χ4n) is 2.79. The summed E-state index contributed by atoms with van der Waals surface area (Å²) in [6.07, 6.45) is 2.38. The van der Waals surface area contributed by atoms with Crippen LogP contribution in [0.4, 0.5) is 11.4 Å². The quantitative estimate of drug-likeness (QED) is 0.914. The first-order valence-corrected chi connectivity index (χ1v) is 7.82. The van der Waals surface area contributed by atoms with Crippen LogP contribution in [0.1, 0.15) is 26.7 Å². The van der Waals surface area contributed by atoms with E-state index in [4.69, 9.17) is 11.6 Å². The number of anilines is 2. The third-order valence-electron chi connectivity index (χ3n) is 4.06. The normalized spacial score (nSPS) is 17.5. The molecule has 1 aliphatic rings. The molecule has 0 atom stereocenters. The first-order chi connectivity index (χ1) is 9.47. The predicted molar refractivity (Wildman–Crippen MR) is 89.1 cm³/mol. The van der Waals surface area contributed by atoms with Crippen molar-refractivity contribution < 1.29 is 0 Å². The lowest BCUT2D eigenvalue weighted by Crippen LogP contribution is -2.42. The van der Waals surface area contributed by atoms with Crippen LogP contribution in [-0.2, 0) is 0 Å². The van der Waals surface area contributed by atoms with E-state index in [0.717, 1.165) is 10.7 Å². The first kappa shape index (κ1) is 15.5. The highest BCUT2D eigenvalue weighted by Crippen LogP contribution is 2.29. The van der Waals surface area contributed by atoms with Gasteiger partial charge in [-0.1, -0.05) is 11.6 Å². The van der Waals surface area contributed by atoms with Crippen LogP contribution in [0.25, 0.3) is 0 Å². The molecule has 0 aliphatic carbocycles. The van der Waals surface area contributed by atoms with E-state index in [9.17, 15) is 0 Å². The van der Waals surface area contributed by atoms with Crippen LogP contribution in [0.2, 0.25) is 5.02 Å². The van der Waals surface area contributed by atoms with Gasteiger partial charge in [-0.05, 0) is 44.9 Å². The summed E-state index contributed by atoms with van der Waals surface area (Å²) in [5.41, 5.74) is 2.34. The summed E-state index contributed by atoms with van der Waals surface area (Å²) in [6, 6.07) is 7.25. The van der Waals surface area contributed by atoms with Gasteiger partial charge >= 0.3 is 0 Å². The smallest absolute Gasteiger partial charge is 0.0597 e. The molecule has 3 nitrogen and oxygen atoms in total. The zero-order chi connectivity index (χ0) is 14.7. The maximum atomic E-state index is 6.14. The molecule has 4 heteroatoms. The van der Waals surface area contributed by atoms with Crippen LogP contribution in [0, 0.1) is 0 Å². The van der Waals surface area contributed by atoms with Crippen molar-refractivity contribution in [2.24, 2.45) is 0 Å². The van der Waals surface area contributed by atoms with Gasteiger partial charge in [-0.3, -0.25) is 0 Å². The lowest BCUT2D eigenvalue weighted by atomic mass is 10.0. The van der Waals surface area contributed by atoms with E-state index in [1.54, 1.807) is 0 Å². The number of nitrogens with one attached hydrogen (secondary N) is 1. The molecular weight excluding hydrogens is 270 g/mol. The predicted octanol–water partition coefficient (Wildman–Crippen LogP) is 3.69. The molecule has 0 bridgehead atoms. The topological polar surface area (TPSA) is 18.5 Å². The Labute approximate surface area is 127 Å². The highest BCUT2D eigenvalue weighted by atomic mass is 35.5. The molecule has 20 heavy (non-hydrogen) atoms. The van der Waals surface area contributed by atoms with Gasteiger partial charge in [0.2, 0.25) is 0 Å². The Kier molecular flexibility index (Phi) is 5.17. The van der Waals surface area contributed by atoms with Crippen molar-refractivity contribution in [1.82, 2.24) is 4.90 Å². The van der Waals surface area contributed by atoms with Crippen molar-refractivity contribution >= 4 is 23.0 Å². The fourth-order valence-corrected chi connectivity index (χ4v) is 2.97. The molecule has 1 saturated heterocycles. The van der Waals surface area contributed by atoms with Gasteiger partial charge in [-0.25, -0.2) is 0 Å². The standard InChI is InChI=1S/C16H26ClN3/c1-12(2)20-9-7-14(8-10-20)18-15-11-13(17)5-6-16(15)19(3)4/h5-6,11-12,14,18H,7-10H2,1-4H3. The van der Waals surface area contributed by atoms with E-state index in [2.05, 4.69) is 49.1 Å². The Hall–Kier alpha value is -0.930. The molecule has 112 valence electrons. The highest BCUT2D eigenvalue weighted by Gasteiger charge is 2.21. The summed E-state index contributed by atoms with van der Waals surface area (Å²) >= 11 is 6.14. The number of piperidine rings is 1. The number of rotatable bonds is 4. The van der Waals surface area contributed by atoms with Gasteiger partial charge < -0.3 is 15.1 Å². The molecule has 1 aromatic rings. The summed E-state index contributed by atoms with van der Waals surface area (Å²) in [7, 11) is 4.13. The molecule has 0 radical (unpaired) electrons. The highest BCUT2D eigenvalue weighted by molar-refractivity contribution is 6.31. The largest absolute Gasteiger partial charge is 0.380 e. The summed E-state index contributed by atoms with van der Waals surface area (Å²) in [5, 5.41) is 4.47. The van der Waals surface area contributed by atoms with Gasteiger partial charge in [-0.15, -0.1) is 0 Å². The molecular formula is C16H26ClN3. The molecule has 1 fully saturated rings. The van der Waals surface area contributed by atoms with Crippen molar-refractivity contribution in [2.75, 3.05) is 37.4 Å². The second-order valence-corrected chi connectivity index (χ2v) is 6.54. The van der Waals surface area contributed by atoms with E-state index in [0.29, 0.717) is 12.1 Å².